The first-order valence-corrected chi connectivity index (χ1v) is 11.6. The molecule has 6 heteroatoms. The molecule has 1 atom stereocenters. The number of carbonyl (C=O) groups is 2. The lowest BCUT2D eigenvalue weighted by molar-refractivity contribution is -0.142. The lowest BCUT2D eigenvalue weighted by Gasteiger charge is -2.36. The van der Waals surface area contributed by atoms with Gasteiger partial charge in [0.05, 0.1) is 6.61 Å². The van der Waals surface area contributed by atoms with Crippen LogP contribution in [0, 0.1) is 0 Å². The third kappa shape index (κ3) is 5.79. The molecule has 182 valence electrons. The third-order valence-corrected chi connectivity index (χ3v) is 5.81. The second kappa shape index (κ2) is 11.8. The van der Waals surface area contributed by atoms with Crippen LogP contribution in [-0.2, 0) is 26.5 Å². The first kappa shape index (κ1) is 24.7. The van der Waals surface area contributed by atoms with Gasteiger partial charge in [0, 0.05) is 0 Å². The van der Waals surface area contributed by atoms with Crippen LogP contribution in [0.15, 0.2) is 121 Å². The van der Waals surface area contributed by atoms with Crippen molar-refractivity contribution in [2.45, 2.75) is 18.2 Å². The maximum absolute atomic E-state index is 12.4. The maximum Gasteiger partial charge on any atom is 0.408 e. The van der Waals surface area contributed by atoms with Crippen molar-refractivity contribution in [3.8, 4) is 0 Å². The first-order valence-electron chi connectivity index (χ1n) is 11.6. The summed E-state index contributed by atoms with van der Waals surface area (Å²) in [5, 5.41) is 12.3. The lowest BCUT2D eigenvalue weighted by atomic mass is 9.80. The summed E-state index contributed by atoms with van der Waals surface area (Å²) in [6.07, 6.45) is -0.834. The van der Waals surface area contributed by atoms with E-state index in [2.05, 4.69) is 5.32 Å². The van der Waals surface area contributed by atoms with E-state index in [-0.39, 0.29) is 13.2 Å². The molecule has 4 aromatic carbocycles. The summed E-state index contributed by atoms with van der Waals surface area (Å²) in [5.41, 5.74) is 2.19. The normalized spacial score (nSPS) is 11.9. The lowest BCUT2D eigenvalue weighted by Crippen LogP contribution is -2.47. The Labute approximate surface area is 210 Å². The second-order valence-corrected chi connectivity index (χ2v) is 8.19. The summed E-state index contributed by atoms with van der Waals surface area (Å²) in [7, 11) is 0. The molecule has 1 amide bonds. The van der Waals surface area contributed by atoms with Gasteiger partial charge < -0.3 is 19.9 Å². The molecule has 36 heavy (non-hydrogen) atoms. The molecule has 0 aliphatic rings. The van der Waals surface area contributed by atoms with Crippen LogP contribution in [0.5, 0.6) is 0 Å². The number of amides is 1. The Bertz CT molecular complexity index is 1150. The summed E-state index contributed by atoms with van der Waals surface area (Å²) in [5.74, 6) is -1.23. The van der Waals surface area contributed by atoms with Crippen molar-refractivity contribution in [1.29, 1.82) is 0 Å². The Hall–Kier alpha value is -4.42. The van der Waals surface area contributed by atoms with Crippen LogP contribution >= 0.6 is 0 Å². The van der Waals surface area contributed by atoms with Crippen molar-refractivity contribution in [2.75, 3.05) is 6.61 Å². The van der Waals surface area contributed by atoms with Gasteiger partial charge >= 0.3 is 12.1 Å². The minimum Gasteiger partial charge on any atom is -0.480 e. The van der Waals surface area contributed by atoms with E-state index >= 15 is 0 Å². The maximum atomic E-state index is 12.4. The highest BCUT2D eigenvalue weighted by atomic mass is 16.6. The average molecular weight is 482 g/mol. The van der Waals surface area contributed by atoms with Gasteiger partial charge in [-0.25, -0.2) is 9.59 Å². The van der Waals surface area contributed by atoms with Crippen molar-refractivity contribution >= 4 is 12.1 Å². The van der Waals surface area contributed by atoms with E-state index in [9.17, 15) is 14.7 Å². The van der Waals surface area contributed by atoms with E-state index in [1.54, 1.807) is 0 Å². The number of carboxylic acid groups (broad SMARTS) is 1. The van der Waals surface area contributed by atoms with Crippen LogP contribution in [0.1, 0.15) is 22.3 Å². The molecule has 0 aliphatic heterocycles. The Morgan fingerprint density at radius 3 is 1.53 bits per heavy atom. The van der Waals surface area contributed by atoms with Gasteiger partial charge in [0.15, 0.2) is 6.04 Å². The number of hydrogen-bond acceptors (Lipinski definition) is 4. The fraction of sp³-hybridized carbons (Fsp3) is 0.133. The minimum atomic E-state index is -1.33. The number of carboxylic acids is 1. The minimum absolute atomic E-state index is 0.0296. The van der Waals surface area contributed by atoms with Gasteiger partial charge in [-0.05, 0) is 22.3 Å². The fourth-order valence-electron chi connectivity index (χ4n) is 4.06. The number of rotatable bonds is 10. The SMILES string of the molecule is O=C(N[C@@H](COC(c1ccccc1)(c1ccccc1)c1ccccc1)C(=O)O)OCc1ccccc1. The van der Waals surface area contributed by atoms with Crippen LogP contribution < -0.4 is 5.32 Å². The number of ether oxygens (including phenoxy) is 2. The summed E-state index contributed by atoms with van der Waals surface area (Å²) in [6.45, 7) is -0.268. The van der Waals surface area contributed by atoms with Crippen LogP contribution in [0.3, 0.4) is 0 Å². The molecule has 0 heterocycles. The van der Waals surface area contributed by atoms with Crippen molar-refractivity contribution in [1.82, 2.24) is 5.32 Å². The molecule has 0 aromatic heterocycles. The highest BCUT2D eigenvalue weighted by Crippen LogP contribution is 2.40. The Balaban J connectivity index is 1.61. The molecule has 0 unspecified atom stereocenters. The molecular formula is C30H27NO5. The van der Waals surface area contributed by atoms with E-state index in [1.165, 1.54) is 0 Å². The molecule has 0 radical (unpaired) electrons. The molecule has 0 bridgehead atoms. The number of carbonyl (C=O) groups excluding carboxylic acids is 1. The highest BCUT2D eigenvalue weighted by Gasteiger charge is 2.39. The number of benzene rings is 4. The van der Waals surface area contributed by atoms with Gasteiger partial charge in [-0.3, -0.25) is 0 Å². The zero-order valence-electron chi connectivity index (χ0n) is 19.6. The second-order valence-electron chi connectivity index (χ2n) is 8.19. The van der Waals surface area contributed by atoms with E-state index in [0.717, 1.165) is 22.3 Å². The van der Waals surface area contributed by atoms with Gasteiger partial charge in [0.1, 0.15) is 12.2 Å². The quantitative estimate of drug-likeness (QED) is 0.297. The van der Waals surface area contributed by atoms with E-state index in [0.29, 0.717) is 0 Å². The van der Waals surface area contributed by atoms with Crippen LogP contribution in [0.25, 0.3) is 0 Å². The average Bonchev–Trinajstić information content (AvgIpc) is 2.94. The largest absolute Gasteiger partial charge is 0.480 e. The van der Waals surface area contributed by atoms with E-state index < -0.39 is 23.7 Å². The zero-order valence-corrected chi connectivity index (χ0v) is 19.6. The van der Waals surface area contributed by atoms with Crippen molar-refractivity contribution in [3.05, 3.63) is 144 Å². The molecule has 0 saturated carbocycles. The topological polar surface area (TPSA) is 84.9 Å². The van der Waals surface area contributed by atoms with Crippen molar-refractivity contribution in [3.63, 3.8) is 0 Å². The fourth-order valence-corrected chi connectivity index (χ4v) is 4.06. The highest BCUT2D eigenvalue weighted by molar-refractivity contribution is 5.80. The van der Waals surface area contributed by atoms with Crippen molar-refractivity contribution in [2.24, 2.45) is 0 Å². The zero-order chi connectivity index (χ0) is 25.2. The molecule has 0 saturated heterocycles. The Morgan fingerprint density at radius 2 is 1.11 bits per heavy atom. The molecule has 4 rings (SSSR count). The predicted molar refractivity (Wildman–Crippen MR) is 136 cm³/mol. The first-order chi connectivity index (χ1) is 17.6. The molecule has 2 N–H and O–H groups in total. The summed E-state index contributed by atoms with van der Waals surface area (Å²) in [6, 6.07) is 36.7. The predicted octanol–water partition coefficient (Wildman–Crippen LogP) is 5.37. The van der Waals surface area contributed by atoms with E-state index in [1.807, 2.05) is 121 Å². The number of alkyl carbamates (subject to hydrolysis) is 1. The number of nitrogens with one attached hydrogen (secondary N) is 1. The van der Waals surface area contributed by atoms with Crippen LogP contribution in [0.4, 0.5) is 4.79 Å². The molecule has 0 spiro atoms. The molecule has 0 aliphatic carbocycles. The Morgan fingerprint density at radius 1 is 0.694 bits per heavy atom. The van der Waals surface area contributed by atoms with Gasteiger partial charge in [-0.1, -0.05) is 121 Å². The van der Waals surface area contributed by atoms with Crippen LogP contribution in [0.2, 0.25) is 0 Å². The monoisotopic (exact) mass is 481 g/mol. The van der Waals surface area contributed by atoms with Gasteiger partial charge in [0.2, 0.25) is 0 Å². The number of aliphatic carboxylic acids is 1. The van der Waals surface area contributed by atoms with Gasteiger partial charge in [0.25, 0.3) is 0 Å². The van der Waals surface area contributed by atoms with Gasteiger partial charge in [-0.2, -0.15) is 0 Å². The molecular weight excluding hydrogens is 454 g/mol. The summed E-state index contributed by atoms with van der Waals surface area (Å²) >= 11 is 0. The summed E-state index contributed by atoms with van der Waals surface area (Å²) in [4.78, 5) is 24.5. The standard InChI is InChI=1S/C30H27NO5/c32-28(33)27(31-29(34)35-21-23-13-5-1-6-14-23)22-36-30(24-15-7-2-8-16-24,25-17-9-3-10-18-25)26-19-11-4-12-20-26/h1-20,27H,21-22H2,(H,31,34)(H,32,33)/t27-/m0/s1. The number of hydrogen-bond donors (Lipinski definition) is 2. The molecule has 4 aromatic rings. The summed E-state index contributed by atoms with van der Waals surface area (Å²) < 4.78 is 11.7. The van der Waals surface area contributed by atoms with E-state index in [4.69, 9.17) is 9.47 Å². The third-order valence-electron chi connectivity index (χ3n) is 5.81. The van der Waals surface area contributed by atoms with Gasteiger partial charge in [-0.15, -0.1) is 0 Å². The molecule has 0 fully saturated rings. The van der Waals surface area contributed by atoms with Crippen LogP contribution in [-0.4, -0.2) is 29.8 Å². The van der Waals surface area contributed by atoms with Crippen molar-refractivity contribution < 1.29 is 24.2 Å². The smallest absolute Gasteiger partial charge is 0.408 e. The Kier molecular flexibility index (Phi) is 8.11. The molecule has 6 nitrogen and oxygen atoms in total.